The van der Waals surface area contributed by atoms with Gasteiger partial charge in [-0.3, -0.25) is 0 Å². The third-order valence-corrected chi connectivity index (χ3v) is 7.69. The normalized spacial score (nSPS) is 18.3. The van der Waals surface area contributed by atoms with Gasteiger partial charge >= 0.3 is 12.1 Å². The minimum Gasteiger partial charge on any atom is -0.465 e. The summed E-state index contributed by atoms with van der Waals surface area (Å²) >= 11 is 3.08. The predicted molar refractivity (Wildman–Crippen MR) is 102 cm³/mol. The SMILES string of the molecule is O=C(O)N1CC(n2cc(CC(F)(F)NS(=O)(=O)C3CC3)c3cc(F)c(Br)cc32)C1. The zero-order valence-electron chi connectivity index (χ0n) is 14.9. The predicted octanol–water partition coefficient (Wildman–Crippen LogP) is 3.29. The molecule has 1 saturated carbocycles. The fraction of sp³-hybridized carbons (Fsp3) is 0.471. The highest BCUT2D eigenvalue weighted by molar-refractivity contribution is 9.10. The Kier molecular flexibility index (Phi) is 4.86. The van der Waals surface area contributed by atoms with Crippen LogP contribution >= 0.6 is 15.9 Å². The number of carbonyl (C=O) groups is 1. The highest BCUT2D eigenvalue weighted by Crippen LogP contribution is 2.36. The molecular weight excluding hydrogens is 479 g/mol. The molecule has 1 aliphatic carbocycles. The second kappa shape index (κ2) is 6.88. The molecule has 2 aromatic rings. The molecule has 158 valence electrons. The van der Waals surface area contributed by atoms with Gasteiger partial charge in [-0.05, 0) is 46.5 Å². The molecule has 0 unspecified atom stereocenters. The molecule has 0 spiro atoms. The molecule has 1 saturated heterocycles. The zero-order chi connectivity index (χ0) is 21.1. The van der Waals surface area contributed by atoms with Crippen molar-refractivity contribution >= 4 is 42.9 Å². The first-order chi connectivity index (χ1) is 13.5. The highest BCUT2D eigenvalue weighted by Gasteiger charge is 2.43. The van der Waals surface area contributed by atoms with E-state index in [2.05, 4.69) is 15.9 Å². The number of likely N-dealkylation sites (tertiary alicyclic amines) is 1. The van der Waals surface area contributed by atoms with Crippen LogP contribution in [0.15, 0.2) is 22.8 Å². The van der Waals surface area contributed by atoms with Crippen molar-refractivity contribution in [2.75, 3.05) is 13.1 Å². The van der Waals surface area contributed by atoms with Gasteiger partial charge in [-0.25, -0.2) is 17.6 Å². The number of benzene rings is 1. The molecule has 7 nitrogen and oxygen atoms in total. The molecule has 1 aliphatic heterocycles. The summed E-state index contributed by atoms with van der Waals surface area (Å²) in [6, 6.07) is -1.46. The number of alkyl halides is 2. The summed E-state index contributed by atoms with van der Waals surface area (Å²) < 4.78 is 70.1. The third-order valence-electron chi connectivity index (χ3n) is 5.15. The highest BCUT2D eigenvalue weighted by atomic mass is 79.9. The van der Waals surface area contributed by atoms with Gasteiger partial charge < -0.3 is 14.6 Å². The minimum absolute atomic E-state index is 0.0728. The Morgan fingerprint density at radius 1 is 1.31 bits per heavy atom. The molecule has 29 heavy (non-hydrogen) atoms. The van der Waals surface area contributed by atoms with Crippen molar-refractivity contribution in [1.82, 2.24) is 14.2 Å². The topological polar surface area (TPSA) is 91.6 Å². The van der Waals surface area contributed by atoms with Crippen molar-refractivity contribution in [3.05, 3.63) is 34.2 Å². The first-order valence-corrected chi connectivity index (χ1v) is 11.2. The first-order valence-electron chi connectivity index (χ1n) is 8.84. The third kappa shape index (κ3) is 3.97. The molecule has 1 aromatic carbocycles. The number of aromatic nitrogens is 1. The van der Waals surface area contributed by atoms with E-state index in [1.165, 1.54) is 21.9 Å². The molecule has 2 aliphatic rings. The number of hydrogen-bond acceptors (Lipinski definition) is 3. The zero-order valence-corrected chi connectivity index (χ0v) is 17.3. The van der Waals surface area contributed by atoms with Crippen LogP contribution in [-0.2, 0) is 16.4 Å². The van der Waals surface area contributed by atoms with E-state index in [9.17, 15) is 26.4 Å². The lowest BCUT2D eigenvalue weighted by Crippen LogP contribution is -2.50. The molecular formula is C17H17BrF3N3O4S. The van der Waals surface area contributed by atoms with Crippen molar-refractivity contribution in [3.63, 3.8) is 0 Å². The van der Waals surface area contributed by atoms with Gasteiger partial charge in [-0.2, -0.15) is 13.5 Å². The van der Waals surface area contributed by atoms with Crippen molar-refractivity contribution in [3.8, 4) is 0 Å². The fourth-order valence-corrected chi connectivity index (χ4v) is 5.23. The maximum Gasteiger partial charge on any atom is 0.407 e. The largest absolute Gasteiger partial charge is 0.465 e. The van der Waals surface area contributed by atoms with E-state index in [4.69, 9.17) is 5.11 Å². The van der Waals surface area contributed by atoms with E-state index in [0.29, 0.717) is 18.4 Å². The minimum atomic E-state index is -4.11. The van der Waals surface area contributed by atoms with Crippen LogP contribution in [0.5, 0.6) is 0 Å². The molecule has 0 bridgehead atoms. The van der Waals surface area contributed by atoms with Crippen LogP contribution in [0.2, 0.25) is 0 Å². The van der Waals surface area contributed by atoms with Crippen molar-refractivity contribution in [2.45, 2.75) is 36.6 Å². The Morgan fingerprint density at radius 3 is 2.55 bits per heavy atom. The average molecular weight is 496 g/mol. The number of amides is 1. The van der Waals surface area contributed by atoms with Gasteiger partial charge in [-0.15, -0.1) is 0 Å². The average Bonchev–Trinajstić information content (AvgIpc) is 3.34. The first kappa shape index (κ1) is 20.5. The Balaban J connectivity index is 1.67. The lowest BCUT2D eigenvalue weighted by molar-refractivity contribution is -0.00997. The van der Waals surface area contributed by atoms with Crippen LogP contribution < -0.4 is 4.72 Å². The molecule has 0 radical (unpaired) electrons. The number of fused-ring (bicyclic) bond motifs is 1. The second-order valence-electron chi connectivity index (χ2n) is 7.41. The van der Waals surface area contributed by atoms with E-state index in [-0.39, 0.29) is 34.6 Å². The number of rotatable bonds is 6. The second-order valence-corrected chi connectivity index (χ2v) is 10.2. The lowest BCUT2D eigenvalue weighted by Gasteiger charge is -2.38. The summed E-state index contributed by atoms with van der Waals surface area (Å²) in [6.07, 6.45) is 0.0990. The number of sulfonamides is 1. The van der Waals surface area contributed by atoms with Crippen LogP contribution in [0, 0.1) is 5.82 Å². The summed E-state index contributed by atoms with van der Waals surface area (Å²) in [5, 5.41) is 8.44. The quantitative estimate of drug-likeness (QED) is 0.601. The van der Waals surface area contributed by atoms with Gasteiger partial charge in [0.15, 0.2) is 0 Å². The number of halogens is 4. The maximum absolute atomic E-state index is 14.5. The number of hydrogen-bond donors (Lipinski definition) is 2. The molecule has 4 rings (SSSR count). The van der Waals surface area contributed by atoms with Crippen molar-refractivity contribution in [2.24, 2.45) is 0 Å². The summed E-state index contributed by atoms with van der Waals surface area (Å²) in [6.45, 7) is 0.358. The van der Waals surface area contributed by atoms with E-state index in [1.54, 1.807) is 4.57 Å². The van der Waals surface area contributed by atoms with Crippen LogP contribution in [0.1, 0.15) is 24.4 Å². The summed E-state index contributed by atoms with van der Waals surface area (Å²) in [7, 11) is -4.11. The molecule has 2 N–H and O–H groups in total. The molecule has 2 heterocycles. The van der Waals surface area contributed by atoms with Gasteiger partial charge in [0.2, 0.25) is 10.0 Å². The van der Waals surface area contributed by atoms with Gasteiger partial charge in [0.05, 0.1) is 27.7 Å². The Bertz CT molecular complexity index is 1100. The summed E-state index contributed by atoms with van der Waals surface area (Å²) in [4.78, 5) is 12.2. The molecule has 1 aromatic heterocycles. The van der Waals surface area contributed by atoms with E-state index in [0.717, 1.165) is 6.07 Å². The van der Waals surface area contributed by atoms with Crippen LogP contribution in [0.25, 0.3) is 10.9 Å². The van der Waals surface area contributed by atoms with Gasteiger partial charge in [0, 0.05) is 24.7 Å². The molecule has 0 atom stereocenters. The van der Waals surface area contributed by atoms with Gasteiger partial charge in [0.1, 0.15) is 5.82 Å². The van der Waals surface area contributed by atoms with E-state index < -0.39 is 39.7 Å². The number of carboxylic acid groups (broad SMARTS) is 1. The fourth-order valence-electron chi connectivity index (χ4n) is 3.49. The van der Waals surface area contributed by atoms with E-state index >= 15 is 0 Å². The van der Waals surface area contributed by atoms with Gasteiger partial charge in [-0.1, -0.05) is 0 Å². The Hall–Kier alpha value is -1.79. The van der Waals surface area contributed by atoms with Crippen molar-refractivity contribution in [1.29, 1.82) is 0 Å². The monoisotopic (exact) mass is 495 g/mol. The molecule has 12 heteroatoms. The standard InChI is InChI=1S/C17H17BrF3N3O4S/c18-13-4-15-12(3-14(13)19)9(6-24(15)10-7-23(8-10)16(25)26)5-17(20,21)22-29(27,28)11-1-2-11/h3-4,6,10-11,22H,1-2,5,7-8H2,(H,25,26). The van der Waals surface area contributed by atoms with Crippen molar-refractivity contribution < 1.29 is 31.5 Å². The van der Waals surface area contributed by atoms with Crippen LogP contribution in [-0.4, -0.2) is 53.5 Å². The number of nitrogens with zero attached hydrogens (tertiary/aromatic N) is 2. The lowest BCUT2D eigenvalue weighted by atomic mass is 10.1. The Labute approximate surface area is 172 Å². The smallest absolute Gasteiger partial charge is 0.407 e. The summed E-state index contributed by atoms with van der Waals surface area (Å²) in [5.41, 5.74) is 0.535. The number of nitrogens with one attached hydrogen (secondary N) is 1. The molecule has 2 fully saturated rings. The Morgan fingerprint density at radius 2 is 1.97 bits per heavy atom. The van der Waals surface area contributed by atoms with Gasteiger partial charge in [0.25, 0.3) is 0 Å². The van der Waals surface area contributed by atoms with Crippen LogP contribution in [0.3, 0.4) is 0 Å². The van der Waals surface area contributed by atoms with Crippen LogP contribution in [0.4, 0.5) is 18.0 Å². The van der Waals surface area contributed by atoms with E-state index in [1.807, 2.05) is 0 Å². The molecule has 1 amide bonds. The summed E-state index contributed by atoms with van der Waals surface area (Å²) in [5.74, 6) is -0.640. The maximum atomic E-state index is 14.5.